The zero-order valence-corrected chi connectivity index (χ0v) is 13.2. The zero-order chi connectivity index (χ0) is 17.0. The molecule has 0 bridgehead atoms. The highest BCUT2D eigenvalue weighted by Crippen LogP contribution is 2.31. The van der Waals surface area contributed by atoms with E-state index in [2.05, 4.69) is 5.32 Å². The smallest absolute Gasteiger partial charge is 0.337 e. The Bertz CT molecular complexity index is 738. The van der Waals surface area contributed by atoms with Crippen LogP contribution in [0.15, 0.2) is 36.4 Å². The molecule has 1 amide bonds. The van der Waals surface area contributed by atoms with Crippen LogP contribution in [0.5, 0.6) is 11.5 Å². The molecule has 2 rings (SSSR count). The van der Waals surface area contributed by atoms with E-state index in [1.54, 1.807) is 18.2 Å². The molecule has 0 heterocycles. The SMILES string of the molecule is COc1cccc(OC)c1C(=O)Nc1c(Cl)cccc1C(=O)O. The van der Waals surface area contributed by atoms with E-state index in [1.165, 1.54) is 32.4 Å². The van der Waals surface area contributed by atoms with Gasteiger partial charge in [-0.2, -0.15) is 0 Å². The maximum atomic E-state index is 12.6. The lowest BCUT2D eigenvalue weighted by Crippen LogP contribution is -2.17. The summed E-state index contributed by atoms with van der Waals surface area (Å²) >= 11 is 6.01. The molecular formula is C16H14ClNO5. The van der Waals surface area contributed by atoms with Gasteiger partial charge in [0.25, 0.3) is 5.91 Å². The third-order valence-corrected chi connectivity index (χ3v) is 3.45. The summed E-state index contributed by atoms with van der Waals surface area (Å²) in [5.41, 5.74) is 0.0492. The normalized spacial score (nSPS) is 10.0. The largest absolute Gasteiger partial charge is 0.496 e. The van der Waals surface area contributed by atoms with Crippen LogP contribution in [0.2, 0.25) is 5.02 Å². The van der Waals surface area contributed by atoms with Crippen LogP contribution in [0.4, 0.5) is 5.69 Å². The quantitative estimate of drug-likeness (QED) is 0.875. The summed E-state index contributed by atoms with van der Waals surface area (Å²) in [7, 11) is 2.84. The van der Waals surface area contributed by atoms with E-state index in [0.717, 1.165) is 0 Å². The van der Waals surface area contributed by atoms with Crippen LogP contribution >= 0.6 is 11.6 Å². The lowest BCUT2D eigenvalue weighted by atomic mass is 10.1. The van der Waals surface area contributed by atoms with Gasteiger partial charge in [-0.05, 0) is 24.3 Å². The number of halogens is 1. The number of methoxy groups -OCH3 is 2. The fourth-order valence-corrected chi connectivity index (χ4v) is 2.30. The number of ether oxygens (including phenoxy) is 2. The number of carboxylic acid groups (broad SMARTS) is 1. The molecule has 2 aromatic carbocycles. The minimum absolute atomic E-state index is 0.0135. The number of carboxylic acids is 1. The van der Waals surface area contributed by atoms with Gasteiger partial charge in [-0.1, -0.05) is 23.7 Å². The van der Waals surface area contributed by atoms with Crippen molar-refractivity contribution in [2.24, 2.45) is 0 Å². The predicted molar refractivity (Wildman–Crippen MR) is 85.9 cm³/mol. The molecule has 0 fully saturated rings. The molecule has 0 aliphatic heterocycles. The van der Waals surface area contributed by atoms with E-state index >= 15 is 0 Å². The van der Waals surface area contributed by atoms with E-state index in [4.69, 9.17) is 21.1 Å². The minimum Gasteiger partial charge on any atom is -0.496 e. The van der Waals surface area contributed by atoms with Gasteiger partial charge in [0.1, 0.15) is 17.1 Å². The van der Waals surface area contributed by atoms with Crippen molar-refractivity contribution in [1.82, 2.24) is 0 Å². The Morgan fingerprint density at radius 1 is 1.04 bits per heavy atom. The van der Waals surface area contributed by atoms with Crippen LogP contribution in [0.3, 0.4) is 0 Å². The number of anilines is 1. The number of carbonyl (C=O) groups is 2. The summed E-state index contributed by atoms with van der Waals surface area (Å²) in [6, 6.07) is 9.20. The monoisotopic (exact) mass is 335 g/mol. The maximum Gasteiger partial charge on any atom is 0.337 e. The average Bonchev–Trinajstić information content (AvgIpc) is 2.55. The van der Waals surface area contributed by atoms with Gasteiger partial charge in [0.05, 0.1) is 30.5 Å². The third-order valence-electron chi connectivity index (χ3n) is 3.14. The molecule has 0 spiro atoms. The van der Waals surface area contributed by atoms with Crippen molar-refractivity contribution in [1.29, 1.82) is 0 Å². The molecule has 0 saturated carbocycles. The standard InChI is InChI=1S/C16H14ClNO5/c1-22-11-7-4-8-12(23-2)13(11)15(19)18-14-9(16(20)21)5-3-6-10(14)17/h3-8H,1-2H3,(H,18,19)(H,20,21). The highest BCUT2D eigenvalue weighted by molar-refractivity contribution is 6.35. The summed E-state index contributed by atoms with van der Waals surface area (Å²) in [6.07, 6.45) is 0. The number of benzene rings is 2. The van der Waals surface area contributed by atoms with Crippen molar-refractivity contribution >= 4 is 29.2 Å². The topological polar surface area (TPSA) is 84.9 Å². The van der Waals surface area contributed by atoms with Gasteiger partial charge in [-0.3, -0.25) is 4.79 Å². The van der Waals surface area contributed by atoms with Crippen LogP contribution in [-0.4, -0.2) is 31.2 Å². The number of nitrogens with one attached hydrogen (secondary N) is 1. The van der Waals surface area contributed by atoms with Crippen molar-refractivity contribution in [3.8, 4) is 11.5 Å². The number of rotatable bonds is 5. The van der Waals surface area contributed by atoms with Crippen molar-refractivity contribution in [2.45, 2.75) is 0 Å². The Hall–Kier alpha value is -2.73. The predicted octanol–water partition coefficient (Wildman–Crippen LogP) is 3.31. The van der Waals surface area contributed by atoms with Gasteiger partial charge in [0, 0.05) is 0 Å². The van der Waals surface area contributed by atoms with Gasteiger partial charge in [-0.15, -0.1) is 0 Å². The molecule has 0 aliphatic rings. The Morgan fingerprint density at radius 2 is 1.61 bits per heavy atom. The molecule has 0 aromatic heterocycles. The first-order valence-corrected chi connectivity index (χ1v) is 6.91. The lowest BCUT2D eigenvalue weighted by molar-refractivity contribution is 0.0698. The van der Waals surface area contributed by atoms with E-state index in [-0.39, 0.29) is 21.8 Å². The molecular weight excluding hydrogens is 322 g/mol. The molecule has 0 radical (unpaired) electrons. The van der Waals surface area contributed by atoms with Crippen molar-refractivity contribution in [3.05, 3.63) is 52.5 Å². The second-order valence-corrected chi connectivity index (χ2v) is 4.87. The number of hydrogen-bond donors (Lipinski definition) is 2. The minimum atomic E-state index is -1.20. The van der Waals surface area contributed by atoms with Crippen LogP contribution in [0, 0.1) is 0 Å². The Labute approximate surface area is 137 Å². The average molecular weight is 336 g/mol. The fraction of sp³-hybridized carbons (Fsp3) is 0.125. The van der Waals surface area contributed by atoms with Crippen molar-refractivity contribution in [2.75, 3.05) is 19.5 Å². The van der Waals surface area contributed by atoms with Crippen molar-refractivity contribution < 1.29 is 24.2 Å². The Morgan fingerprint density at radius 3 is 2.13 bits per heavy atom. The Balaban J connectivity index is 2.47. The highest BCUT2D eigenvalue weighted by Gasteiger charge is 2.21. The fourth-order valence-electron chi connectivity index (χ4n) is 2.08. The molecule has 6 nitrogen and oxygen atoms in total. The first-order chi connectivity index (χ1) is 11.0. The molecule has 0 aliphatic carbocycles. The van der Waals surface area contributed by atoms with Gasteiger partial charge < -0.3 is 19.9 Å². The van der Waals surface area contributed by atoms with Gasteiger partial charge in [0.15, 0.2) is 0 Å². The van der Waals surface area contributed by atoms with E-state index in [9.17, 15) is 14.7 Å². The summed E-state index contributed by atoms with van der Waals surface area (Å²) < 4.78 is 10.3. The summed E-state index contributed by atoms with van der Waals surface area (Å²) in [5.74, 6) is -1.19. The molecule has 0 saturated heterocycles. The number of carbonyl (C=O) groups excluding carboxylic acids is 1. The van der Waals surface area contributed by atoms with Gasteiger partial charge in [-0.25, -0.2) is 4.79 Å². The van der Waals surface area contributed by atoms with Crippen LogP contribution < -0.4 is 14.8 Å². The number of hydrogen-bond acceptors (Lipinski definition) is 4. The van der Waals surface area contributed by atoms with Crippen molar-refractivity contribution in [3.63, 3.8) is 0 Å². The first kappa shape index (κ1) is 16.6. The molecule has 7 heteroatoms. The summed E-state index contributed by atoms with van der Waals surface area (Å²) in [5, 5.41) is 11.8. The van der Waals surface area contributed by atoms with Crippen LogP contribution in [0.1, 0.15) is 20.7 Å². The molecule has 23 heavy (non-hydrogen) atoms. The summed E-state index contributed by atoms with van der Waals surface area (Å²) in [4.78, 5) is 23.9. The van der Waals surface area contributed by atoms with E-state index < -0.39 is 11.9 Å². The highest BCUT2D eigenvalue weighted by atomic mass is 35.5. The lowest BCUT2D eigenvalue weighted by Gasteiger charge is -2.14. The molecule has 0 atom stereocenters. The van der Waals surface area contributed by atoms with Crippen LogP contribution in [0.25, 0.3) is 0 Å². The summed E-state index contributed by atoms with van der Waals surface area (Å²) in [6.45, 7) is 0. The molecule has 2 N–H and O–H groups in total. The number of aromatic carboxylic acids is 1. The zero-order valence-electron chi connectivity index (χ0n) is 12.4. The van der Waals surface area contributed by atoms with Crippen LogP contribution in [-0.2, 0) is 0 Å². The van der Waals surface area contributed by atoms with Gasteiger partial charge in [0.2, 0.25) is 0 Å². The third kappa shape index (κ3) is 3.37. The maximum absolute atomic E-state index is 12.6. The van der Waals surface area contributed by atoms with E-state index in [0.29, 0.717) is 11.5 Å². The van der Waals surface area contributed by atoms with Gasteiger partial charge >= 0.3 is 5.97 Å². The second-order valence-electron chi connectivity index (χ2n) is 4.46. The second kappa shape index (κ2) is 7.02. The number of para-hydroxylation sites is 1. The Kier molecular flexibility index (Phi) is 5.08. The molecule has 0 unspecified atom stereocenters. The molecule has 2 aromatic rings. The van der Waals surface area contributed by atoms with E-state index in [1.807, 2.05) is 0 Å². The first-order valence-electron chi connectivity index (χ1n) is 6.53. The number of amides is 1. The molecule has 120 valence electrons.